The van der Waals surface area contributed by atoms with Gasteiger partial charge >= 0.3 is 0 Å². The molecule has 0 saturated carbocycles. The summed E-state index contributed by atoms with van der Waals surface area (Å²) >= 11 is 5.82. The molecule has 6 heteroatoms. The first-order valence-corrected chi connectivity index (χ1v) is 7.01. The van der Waals surface area contributed by atoms with Crippen LogP contribution < -0.4 is 4.74 Å². The summed E-state index contributed by atoms with van der Waals surface area (Å²) in [6.45, 7) is 2.50. The van der Waals surface area contributed by atoms with Crippen LogP contribution in [-0.2, 0) is 9.05 Å². The van der Waals surface area contributed by atoms with Crippen molar-refractivity contribution in [1.82, 2.24) is 0 Å². The van der Waals surface area contributed by atoms with Crippen LogP contribution in [0.15, 0.2) is 23.1 Å². The predicted molar refractivity (Wildman–Crippen MR) is 60.3 cm³/mol. The molecule has 0 atom stereocenters. The van der Waals surface area contributed by atoms with Crippen LogP contribution in [0.2, 0.25) is 5.02 Å². The summed E-state index contributed by atoms with van der Waals surface area (Å²) < 4.78 is 27.2. The smallest absolute Gasteiger partial charge is 0.261 e. The molecule has 84 valence electrons. The molecule has 0 radical (unpaired) electrons. The highest BCUT2D eigenvalue weighted by molar-refractivity contribution is 8.13. The van der Waals surface area contributed by atoms with Crippen LogP contribution in [0.4, 0.5) is 0 Å². The third-order valence-electron chi connectivity index (χ3n) is 1.65. The quantitative estimate of drug-likeness (QED) is 0.789. The van der Waals surface area contributed by atoms with Crippen LogP contribution in [0.5, 0.6) is 5.75 Å². The van der Waals surface area contributed by atoms with Gasteiger partial charge in [-0.3, -0.25) is 0 Å². The van der Waals surface area contributed by atoms with E-state index < -0.39 is 9.05 Å². The Morgan fingerprint density at radius 1 is 1.40 bits per heavy atom. The summed E-state index contributed by atoms with van der Waals surface area (Å²) in [4.78, 5) is -0.0296. The van der Waals surface area contributed by atoms with E-state index in [2.05, 4.69) is 0 Å². The minimum Gasteiger partial charge on any atom is -0.492 e. The number of benzene rings is 1. The summed E-state index contributed by atoms with van der Waals surface area (Å²) in [7, 11) is 1.43. The van der Waals surface area contributed by atoms with Gasteiger partial charge in [0, 0.05) is 10.7 Å². The summed E-state index contributed by atoms with van der Waals surface area (Å²) in [5.74, 6) is 0.461. The van der Waals surface area contributed by atoms with Crippen molar-refractivity contribution >= 4 is 31.3 Å². The zero-order valence-corrected chi connectivity index (χ0v) is 10.4. The van der Waals surface area contributed by atoms with Gasteiger partial charge in [0.15, 0.2) is 0 Å². The molecule has 0 aliphatic carbocycles. The van der Waals surface area contributed by atoms with Crippen LogP contribution in [0.25, 0.3) is 0 Å². The minimum atomic E-state index is -3.73. The Hall–Kier alpha value is -0.450. The second-order valence-electron chi connectivity index (χ2n) is 2.88. The Morgan fingerprint density at radius 2 is 2.07 bits per heavy atom. The van der Waals surface area contributed by atoms with Gasteiger partial charge < -0.3 is 4.74 Å². The molecule has 0 heterocycles. The number of hydrogen-bond donors (Lipinski definition) is 0. The van der Waals surface area contributed by atoms with Gasteiger partial charge in [-0.15, -0.1) is 0 Å². The Kier molecular flexibility index (Phi) is 4.25. The molecule has 1 aromatic rings. The van der Waals surface area contributed by atoms with Gasteiger partial charge in [0.1, 0.15) is 5.75 Å². The Morgan fingerprint density at radius 3 is 2.53 bits per heavy atom. The fourth-order valence-corrected chi connectivity index (χ4v) is 2.04. The van der Waals surface area contributed by atoms with Crippen molar-refractivity contribution in [3.8, 4) is 5.75 Å². The molecule has 0 saturated heterocycles. The van der Waals surface area contributed by atoms with E-state index in [1.54, 1.807) is 0 Å². The van der Waals surface area contributed by atoms with Crippen LogP contribution >= 0.6 is 22.3 Å². The van der Waals surface area contributed by atoms with Crippen LogP contribution in [0.3, 0.4) is 0 Å². The summed E-state index contributed by atoms with van der Waals surface area (Å²) in [6, 6.07) is 4.13. The molecule has 1 rings (SSSR count). The zero-order valence-electron chi connectivity index (χ0n) is 8.04. The van der Waals surface area contributed by atoms with Crippen LogP contribution in [-0.4, -0.2) is 15.0 Å². The molecule has 0 N–H and O–H groups in total. The van der Waals surface area contributed by atoms with E-state index in [-0.39, 0.29) is 9.92 Å². The molecular formula is C9H10Cl2O3S. The van der Waals surface area contributed by atoms with Gasteiger partial charge in [0.25, 0.3) is 9.05 Å². The molecule has 0 fully saturated rings. The van der Waals surface area contributed by atoms with E-state index in [4.69, 9.17) is 27.0 Å². The maximum absolute atomic E-state index is 11.0. The van der Waals surface area contributed by atoms with Crippen molar-refractivity contribution in [2.24, 2.45) is 0 Å². The van der Waals surface area contributed by atoms with Gasteiger partial charge in [-0.2, -0.15) is 0 Å². The van der Waals surface area contributed by atoms with Gasteiger partial charge in [0.05, 0.1) is 16.5 Å². The lowest BCUT2D eigenvalue weighted by Gasteiger charge is -2.07. The molecule has 0 unspecified atom stereocenters. The third kappa shape index (κ3) is 3.55. The highest BCUT2D eigenvalue weighted by Crippen LogP contribution is 2.28. The van der Waals surface area contributed by atoms with E-state index in [0.29, 0.717) is 12.4 Å². The standard InChI is InChI=1S/C9H10Cl2O3S/c1-2-5-14-9-4-3-7(6-8(9)10)15(11,12)13/h3-4,6H,2,5H2,1H3. The number of halogens is 2. The van der Waals surface area contributed by atoms with E-state index in [1.807, 2.05) is 6.92 Å². The SMILES string of the molecule is CCCOc1ccc(S(=O)(=O)Cl)cc1Cl. The number of ether oxygens (including phenoxy) is 1. The Balaban J connectivity index is 2.99. The predicted octanol–water partition coefficient (Wildman–Crippen LogP) is 3.06. The maximum Gasteiger partial charge on any atom is 0.261 e. The van der Waals surface area contributed by atoms with Crippen LogP contribution in [0, 0.1) is 0 Å². The molecule has 0 amide bonds. The monoisotopic (exact) mass is 268 g/mol. The largest absolute Gasteiger partial charge is 0.492 e. The Bertz CT molecular complexity index is 443. The average Bonchev–Trinajstić information content (AvgIpc) is 2.14. The second kappa shape index (κ2) is 5.05. The highest BCUT2D eigenvalue weighted by atomic mass is 35.7. The Labute approximate surface area is 98.4 Å². The van der Waals surface area contributed by atoms with Crippen molar-refractivity contribution in [3.05, 3.63) is 23.2 Å². The molecule has 0 aromatic heterocycles. The minimum absolute atomic E-state index is 0.0296. The molecule has 0 bridgehead atoms. The first kappa shape index (κ1) is 12.6. The van der Waals surface area contributed by atoms with Gasteiger partial charge in [-0.05, 0) is 24.6 Å². The average molecular weight is 269 g/mol. The lowest BCUT2D eigenvalue weighted by atomic mass is 10.3. The van der Waals surface area contributed by atoms with Gasteiger partial charge in [-0.1, -0.05) is 18.5 Å². The lowest BCUT2D eigenvalue weighted by Crippen LogP contribution is -1.97. The molecular weight excluding hydrogens is 259 g/mol. The lowest BCUT2D eigenvalue weighted by molar-refractivity contribution is 0.317. The van der Waals surface area contributed by atoms with Gasteiger partial charge in [0.2, 0.25) is 0 Å². The van der Waals surface area contributed by atoms with Crippen molar-refractivity contribution in [2.45, 2.75) is 18.2 Å². The number of hydrogen-bond acceptors (Lipinski definition) is 3. The third-order valence-corrected chi connectivity index (χ3v) is 3.29. The fourth-order valence-electron chi connectivity index (χ4n) is 0.962. The molecule has 0 spiro atoms. The summed E-state index contributed by atoms with van der Waals surface area (Å²) in [6.07, 6.45) is 0.853. The second-order valence-corrected chi connectivity index (χ2v) is 5.85. The molecule has 1 aromatic carbocycles. The normalized spacial score (nSPS) is 11.4. The maximum atomic E-state index is 11.0. The van der Waals surface area contributed by atoms with E-state index in [1.165, 1.54) is 18.2 Å². The molecule has 0 aliphatic rings. The van der Waals surface area contributed by atoms with Crippen LogP contribution in [0.1, 0.15) is 13.3 Å². The van der Waals surface area contributed by atoms with Gasteiger partial charge in [-0.25, -0.2) is 8.42 Å². The number of rotatable bonds is 4. The van der Waals surface area contributed by atoms with E-state index in [9.17, 15) is 8.42 Å². The summed E-state index contributed by atoms with van der Waals surface area (Å²) in [5, 5.41) is 0.241. The van der Waals surface area contributed by atoms with E-state index >= 15 is 0 Å². The van der Waals surface area contributed by atoms with Crippen molar-refractivity contribution in [2.75, 3.05) is 6.61 Å². The first-order valence-electron chi connectivity index (χ1n) is 4.32. The highest BCUT2D eigenvalue weighted by Gasteiger charge is 2.12. The van der Waals surface area contributed by atoms with Crippen molar-refractivity contribution < 1.29 is 13.2 Å². The molecule has 0 aliphatic heterocycles. The topological polar surface area (TPSA) is 43.4 Å². The summed E-state index contributed by atoms with van der Waals surface area (Å²) in [5.41, 5.74) is 0. The molecule has 15 heavy (non-hydrogen) atoms. The zero-order chi connectivity index (χ0) is 11.5. The van der Waals surface area contributed by atoms with Crippen molar-refractivity contribution in [3.63, 3.8) is 0 Å². The molecule has 3 nitrogen and oxygen atoms in total. The van der Waals surface area contributed by atoms with E-state index in [0.717, 1.165) is 6.42 Å². The van der Waals surface area contributed by atoms with Crippen molar-refractivity contribution in [1.29, 1.82) is 0 Å². The first-order chi connectivity index (χ1) is 6.95. The fraction of sp³-hybridized carbons (Fsp3) is 0.333.